The van der Waals surface area contributed by atoms with E-state index in [1.54, 1.807) is 26.0 Å². The van der Waals surface area contributed by atoms with E-state index < -0.39 is 5.97 Å². The summed E-state index contributed by atoms with van der Waals surface area (Å²) in [7, 11) is 0. The molecule has 2 aromatic carbocycles. The zero-order valence-corrected chi connectivity index (χ0v) is 16.6. The van der Waals surface area contributed by atoms with Gasteiger partial charge in [0.15, 0.2) is 0 Å². The molecule has 148 valence electrons. The Morgan fingerprint density at radius 3 is 2.59 bits per heavy atom. The molecule has 0 atom stereocenters. The maximum Gasteiger partial charge on any atom is 0.340 e. The fourth-order valence-corrected chi connectivity index (χ4v) is 3.19. The molecule has 5 nitrogen and oxygen atoms in total. The molecule has 3 rings (SSSR count). The number of benzene rings is 2. The molecule has 29 heavy (non-hydrogen) atoms. The Labute approximate surface area is 170 Å². The predicted octanol–water partition coefficient (Wildman–Crippen LogP) is 4.52. The molecular formula is C24H23NO4. The van der Waals surface area contributed by atoms with E-state index in [1.807, 2.05) is 54.6 Å². The average Bonchev–Trinajstić information content (AvgIpc) is 2.97. The molecule has 1 aliphatic rings. The SMILES string of the molecule is C=CCOc1cccc(/C=C2\C(=O)N(c3ccccc3)C(C)=C2C(=O)OCC)c1. The zero-order chi connectivity index (χ0) is 20.8. The smallest absolute Gasteiger partial charge is 0.340 e. The number of carbonyl (C=O) groups excluding carboxylic acids is 2. The van der Waals surface area contributed by atoms with Crippen molar-refractivity contribution in [3.8, 4) is 5.75 Å². The van der Waals surface area contributed by atoms with Crippen molar-refractivity contribution in [2.75, 3.05) is 18.1 Å². The summed E-state index contributed by atoms with van der Waals surface area (Å²) in [6, 6.07) is 16.6. The topological polar surface area (TPSA) is 55.8 Å². The van der Waals surface area contributed by atoms with E-state index >= 15 is 0 Å². The number of anilines is 1. The van der Waals surface area contributed by atoms with Crippen LogP contribution in [0.5, 0.6) is 5.75 Å². The number of allylic oxidation sites excluding steroid dienone is 1. The summed E-state index contributed by atoms with van der Waals surface area (Å²) in [6.07, 6.45) is 3.36. The molecule has 5 heteroatoms. The summed E-state index contributed by atoms with van der Waals surface area (Å²) in [4.78, 5) is 27.4. The van der Waals surface area contributed by atoms with Crippen LogP contribution >= 0.6 is 0 Å². The third-order valence-corrected chi connectivity index (χ3v) is 4.43. The van der Waals surface area contributed by atoms with E-state index in [2.05, 4.69) is 6.58 Å². The largest absolute Gasteiger partial charge is 0.490 e. The first-order valence-corrected chi connectivity index (χ1v) is 9.40. The van der Waals surface area contributed by atoms with E-state index in [0.717, 1.165) is 5.56 Å². The maximum atomic E-state index is 13.3. The second-order valence-corrected chi connectivity index (χ2v) is 6.39. The number of esters is 1. The molecule has 0 bridgehead atoms. The first-order chi connectivity index (χ1) is 14.1. The second kappa shape index (κ2) is 9.06. The van der Waals surface area contributed by atoms with Crippen molar-refractivity contribution in [3.63, 3.8) is 0 Å². The highest BCUT2D eigenvalue weighted by Gasteiger charge is 2.37. The van der Waals surface area contributed by atoms with Crippen molar-refractivity contribution in [2.45, 2.75) is 13.8 Å². The van der Waals surface area contributed by atoms with Gasteiger partial charge in [-0.15, -0.1) is 0 Å². The molecule has 0 N–H and O–H groups in total. The minimum atomic E-state index is -0.512. The lowest BCUT2D eigenvalue weighted by Crippen LogP contribution is -2.24. The first-order valence-electron chi connectivity index (χ1n) is 9.40. The third kappa shape index (κ3) is 4.29. The van der Waals surface area contributed by atoms with Gasteiger partial charge in [-0.3, -0.25) is 9.69 Å². The van der Waals surface area contributed by atoms with Crippen molar-refractivity contribution < 1.29 is 19.1 Å². The molecule has 2 aromatic rings. The quantitative estimate of drug-likeness (QED) is 0.397. The lowest BCUT2D eigenvalue weighted by atomic mass is 10.0. The molecular weight excluding hydrogens is 366 g/mol. The molecule has 0 saturated carbocycles. The van der Waals surface area contributed by atoms with E-state index in [-0.39, 0.29) is 18.1 Å². The van der Waals surface area contributed by atoms with Crippen LogP contribution in [0.4, 0.5) is 5.69 Å². The summed E-state index contributed by atoms with van der Waals surface area (Å²) < 4.78 is 10.8. The lowest BCUT2D eigenvalue weighted by molar-refractivity contribution is -0.138. The number of amides is 1. The number of para-hydroxylation sites is 1. The van der Waals surface area contributed by atoms with Gasteiger partial charge in [-0.2, -0.15) is 0 Å². The van der Waals surface area contributed by atoms with Gasteiger partial charge in [-0.1, -0.05) is 43.0 Å². The van der Waals surface area contributed by atoms with Gasteiger partial charge >= 0.3 is 5.97 Å². The highest BCUT2D eigenvalue weighted by molar-refractivity contribution is 6.23. The Hall–Kier alpha value is -3.60. The Morgan fingerprint density at radius 1 is 1.14 bits per heavy atom. The zero-order valence-electron chi connectivity index (χ0n) is 16.6. The molecule has 0 radical (unpaired) electrons. The predicted molar refractivity (Wildman–Crippen MR) is 113 cm³/mol. The number of nitrogens with zero attached hydrogens (tertiary/aromatic N) is 1. The Morgan fingerprint density at radius 2 is 1.90 bits per heavy atom. The van der Waals surface area contributed by atoms with E-state index in [4.69, 9.17) is 9.47 Å². The molecule has 0 spiro atoms. The van der Waals surface area contributed by atoms with Crippen LogP contribution in [-0.2, 0) is 14.3 Å². The van der Waals surface area contributed by atoms with Gasteiger partial charge in [0.25, 0.3) is 5.91 Å². The van der Waals surface area contributed by atoms with Gasteiger partial charge in [0.05, 0.1) is 17.8 Å². The van der Waals surface area contributed by atoms with Crippen LogP contribution in [0.25, 0.3) is 6.08 Å². The molecule has 0 aromatic heterocycles. The van der Waals surface area contributed by atoms with Crippen molar-refractivity contribution >= 4 is 23.6 Å². The van der Waals surface area contributed by atoms with Crippen LogP contribution in [-0.4, -0.2) is 25.1 Å². The monoisotopic (exact) mass is 389 g/mol. The van der Waals surface area contributed by atoms with E-state index in [1.165, 1.54) is 4.90 Å². The standard InChI is InChI=1S/C24H23NO4/c1-4-14-29-20-13-9-10-18(15-20)16-21-22(24(27)28-5-2)17(3)25(23(21)26)19-11-7-6-8-12-19/h4,6-13,15-16H,1,5,14H2,2-3H3/b21-16-. The van der Waals surface area contributed by atoms with Gasteiger partial charge in [-0.05, 0) is 49.8 Å². The Kier molecular flexibility index (Phi) is 6.29. The minimum absolute atomic E-state index is 0.229. The fraction of sp³-hybridized carbons (Fsp3) is 0.167. The average molecular weight is 389 g/mol. The van der Waals surface area contributed by atoms with Crippen LogP contribution in [0.15, 0.2) is 84.1 Å². The van der Waals surface area contributed by atoms with Crippen LogP contribution in [0, 0.1) is 0 Å². The summed E-state index contributed by atoms with van der Waals surface area (Å²) in [5.41, 5.74) is 2.57. The molecule has 1 heterocycles. The van der Waals surface area contributed by atoms with Crippen molar-refractivity contribution in [1.29, 1.82) is 0 Å². The van der Waals surface area contributed by atoms with Gasteiger partial charge in [0.1, 0.15) is 12.4 Å². The fourth-order valence-electron chi connectivity index (χ4n) is 3.19. The number of carbonyl (C=O) groups is 2. The minimum Gasteiger partial charge on any atom is -0.490 e. The van der Waals surface area contributed by atoms with Crippen LogP contribution in [0.3, 0.4) is 0 Å². The number of hydrogen-bond donors (Lipinski definition) is 0. The van der Waals surface area contributed by atoms with Gasteiger partial charge < -0.3 is 9.47 Å². The summed E-state index contributed by atoms with van der Waals surface area (Å²) in [5, 5.41) is 0. The number of ether oxygens (including phenoxy) is 2. The molecule has 0 unspecified atom stereocenters. The Bertz CT molecular complexity index is 989. The van der Waals surface area contributed by atoms with Gasteiger partial charge in [0, 0.05) is 11.4 Å². The highest BCUT2D eigenvalue weighted by atomic mass is 16.5. The van der Waals surface area contributed by atoms with E-state index in [0.29, 0.717) is 29.3 Å². The molecule has 0 aliphatic carbocycles. The maximum absolute atomic E-state index is 13.3. The lowest BCUT2D eigenvalue weighted by Gasteiger charge is -2.17. The van der Waals surface area contributed by atoms with Crippen molar-refractivity contribution in [2.24, 2.45) is 0 Å². The number of rotatable bonds is 7. The summed E-state index contributed by atoms with van der Waals surface area (Å²) >= 11 is 0. The summed E-state index contributed by atoms with van der Waals surface area (Å²) in [5.74, 6) is -0.126. The Balaban J connectivity index is 2.06. The van der Waals surface area contributed by atoms with E-state index in [9.17, 15) is 9.59 Å². The summed E-state index contributed by atoms with van der Waals surface area (Å²) in [6.45, 7) is 7.74. The molecule has 1 aliphatic heterocycles. The third-order valence-electron chi connectivity index (χ3n) is 4.43. The van der Waals surface area contributed by atoms with Gasteiger partial charge in [-0.25, -0.2) is 4.79 Å². The van der Waals surface area contributed by atoms with Crippen LogP contribution in [0.2, 0.25) is 0 Å². The number of hydrogen-bond acceptors (Lipinski definition) is 4. The molecule has 0 saturated heterocycles. The highest BCUT2D eigenvalue weighted by Crippen LogP contribution is 2.35. The van der Waals surface area contributed by atoms with Crippen LogP contribution < -0.4 is 9.64 Å². The van der Waals surface area contributed by atoms with Crippen LogP contribution in [0.1, 0.15) is 19.4 Å². The molecule has 0 fully saturated rings. The second-order valence-electron chi connectivity index (χ2n) is 6.39. The van der Waals surface area contributed by atoms with Crippen molar-refractivity contribution in [3.05, 3.63) is 89.7 Å². The van der Waals surface area contributed by atoms with Gasteiger partial charge in [0.2, 0.25) is 0 Å². The normalized spacial score (nSPS) is 15.0. The molecule has 1 amide bonds. The first kappa shape index (κ1) is 20.1. The van der Waals surface area contributed by atoms with Crippen molar-refractivity contribution in [1.82, 2.24) is 0 Å².